The molecule has 1 aliphatic heterocycles. The van der Waals surface area contributed by atoms with Gasteiger partial charge in [0.25, 0.3) is 0 Å². The Labute approximate surface area is 184 Å². The Balaban J connectivity index is 1.73. The molecule has 1 saturated heterocycles. The predicted octanol–water partition coefficient (Wildman–Crippen LogP) is 3.99. The van der Waals surface area contributed by atoms with Gasteiger partial charge < -0.3 is 15.0 Å². The van der Waals surface area contributed by atoms with Crippen LogP contribution in [0.15, 0.2) is 24.3 Å². The van der Waals surface area contributed by atoms with Crippen LogP contribution < -0.4 is 5.32 Å². The second-order valence-electron chi connectivity index (χ2n) is 7.88. The molecule has 0 radical (unpaired) electrons. The zero-order chi connectivity index (χ0) is 23.5. The maximum absolute atomic E-state index is 13.7. The molecular weight excluding hydrogens is 425 g/mol. The highest BCUT2D eigenvalue weighted by molar-refractivity contribution is 5.80. The number of hydrogen-bond acceptors (Lipinski definition) is 4. The molecule has 2 heterocycles. The fourth-order valence-electron chi connectivity index (χ4n) is 3.90. The van der Waals surface area contributed by atoms with Gasteiger partial charge in [0.1, 0.15) is 0 Å². The Bertz CT molecular complexity index is 987. The number of aromatic nitrogens is 2. The van der Waals surface area contributed by atoms with E-state index in [1.165, 1.54) is 15.6 Å². The average molecular weight is 452 g/mol. The van der Waals surface area contributed by atoms with Crippen molar-refractivity contribution in [2.75, 3.05) is 19.7 Å². The number of piperidine rings is 1. The van der Waals surface area contributed by atoms with Gasteiger partial charge in [-0.1, -0.05) is 6.07 Å². The summed E-state index contributed by atoms with van der Waals surface area (Å²) in [7, 11) is 0. The van der Waals surface area contributed by atoms with Crippen molar-refractivity contribution in [3.8, 4) is 5.69 Å². The fourth-order valence-corrected chi connectivity index (χ4v) is 3.90. The molecule has 7 nitrogen and oxygen atoms in total. The van der Waals surface area contributed by atoms with Crippen molar-refractivity contribution in [2.45, 2.75) is 46.3 Å². The van der Waals surface area contributed by atoms with E-state index in [0.717, 1.165) is 11.8 Å². The van der Waals surface area contributed by atoms with Gasteiger partial charge in [0, 0.05) is 25.3 Å². The second kappa shape index (κ2) is 9.62. The first kappa shape index (κ1) is 23.6. The number of halogens is 3. The normalized spacial score (nSPS) is 16.7. The van der Waals surface area contributed by atoms with Crippen molar-refractivity contribution in [3.63, 3.8) is 0 Å². The van der Waals surface area contributed by atoms with Crippen LogP contribution in [0.4, 0.5) is 18.0 Å². The third-order valence-electron chi connectivity index (χ3n) is 5.42. The summed E-state index contributed by atoms with van der Waals surface area (Å²) in [6, 6.07) is 5.75. The summed E-state index contributed by atoms with van der Waals surface area (Å²) < 4.78 is 47.7. The topological polar surface area (TPSA) is 76.5 Å². The van der Waals surface area contributed by atoms with Crippen molar-refractivity contribution in [2.24, 2.45) is 5.92 Å². The lowest BCUT2D eigenvalue weighted by molar-refractivity contribution is -0.138. The third kappa shape index (κ3) is 5.41. The maximum Gasteiger partial charge on any atom is 0.416 e. The number of hydrogen-bond donors (Lipinski definition) is 1. The number of aryl methyl sites for hydroxylation is 2. The Morgan fingerprint density at radius 2 is 2.00 bits per heavy atom. The fraction of sp³-hybridized carbons (Fsp3) is 0.500. The van der Waals surface area contributed by atoms with Gasteiger partial charge in [-0.25, -0.2) is 9.48 Å². The van der Waals surface area contributed by atoms with Gasteiger partial charge in [-0.05, 0) is 57.4 Å². The zero-order valence-corrected chi connectivity index (χ0v) is 18.3. The van der Waals surface area contributed by atoms with E-state index in [0.29, 0.717) is 30.8 Å². The highest BCUT2D eigenvalue weighted by atomic mass is 19.4. The van der Waals surface area contributed by atoms with Crippen molar-refractivity contribution in [3.05, 3.63) is 46.8 Å². The molecule has 32 heavy (non-hydrogen) atoms. The van der Waals surface area contributed by atoms with E-state index >= 15 is 0 Å². The van der Waals surface area contributed by atoms with Gasteiger partial charge in [0.15, 0.2) is 0 Å². The van der Waals surface area contributed by atoms with E-state index < -0.39 is 23.8 Å². The summed E-state index contributed by atoms with van der Waals surface area (Å²) in [4.78, 5) is 26.0. The molecule has 0 saturated carbocycles. The van der Waals surface area contributed by atoms with Gasteiger partial charge >= 0.3 is 12.3 Å². The van der Waals surface area contributed by atoms with Crippen LogP contribution in [-0.4, -0.2) is 46.4 Å². The highest BCUT2D eigenvalue weighted by Crippen LogP contribution is 2.34. The van der Waals surface area contributed by atoms with E-state index in [9.17, 15) is 22.8 Å². The number of carbonyl (C=O) groups excluding carboxylic acids is 2. The van der Waals surface area contributed by atoms with Crippen molar-refractivity contribution in [1.82, 2.24) is 20.0 Å². The highest BCUT2D eigenvalue weighted by Gasteiger charge is 2.34. The number of carbonyl (C=O) groups is 2. The Morgan fingerprint density at radius 3 is 2.62 bits per heavy atom. The molecule has 1 aliphatic rings. The lowest BCUT2D eigenvalue weighted by atomic mass is 9.97. The van der Waals surface area contributed by atoms with Crippen LogP contribution in [-0.2, 0) is 22.3 Å². The van der Waals surface area contributed by atoms with Crippen LogP contribution in [0.2, 0.25) is 0 Å². The summed E-state index contributed by atoms with van der Waals surface area (Å²) in [5.41, 5.74) is 0.876. The van der Waals surface area contributed by atoms with E-state index in [4.69, 9.17) is 4.74 Å². The monoisotopic (exact) mass is 452 g/mol. The molecule has 174 valence electrons. The molecule has 10 heteroatoms. The molecule has 2 amide bonds. The first-order valence-electron chi connectivity index (χ1n) is 10.5. The summed E-state index contributed by atoms with van der Waals surface area (Å²) in [5, 5.41) is 6.85. The Kier molecular flexibility index (Phi) is 7.10. The van der Waals surface area contributed by atoms with Gasteiger partial charge in [-0.3, -0.25) is 4.79 Å². The molecule has 3 rings (SSSR count). The van der Waals surface area contributed by atoms with Crippen LogP contribution >= 0.6 is 0 Å². The number of ether oxygens (including phenoxy) is 1. The average Bonchev–Trinajstić information content (AvgIpc) is 3.09. The molecule has 2 aromatic rings. The van der Waals surface area contributed by atoms with Crippen LogP contribution in [0.1, 0.15) is 42.3 Å². The van der Waals surface area contributed by atoms with Crippen LogP contribution in [0.5, 0.6) is 0 Å². The van der Waals surface area contributed by atoms with Crippen molar-refractivity contribution in [1.29, 1.82) is 0 Å². The van der Waals surface area contributed by atoms with Gasteiger partial charge in [0.05, 0.1) is 29.5 Å². The molecule has 0 bridgehead atoms. The minimum Gasteiger partial charge on any atom is -0.450 e. The second-order valence-corrected chi connectivity index (χ2v) is 7.88. The minimum atomic E-state index is -4.59. The van der Waals surface area contributed by atoms with Gasteiger partial charge in [-0.15, -0.1) is 0 Å². The molecule has 0 spiro atoms. The Hall–Kier alpha value is -3.04. The largest absolute Gasteiger partial charge is 0.450 e. The van der Waals surface area contributed by atoms with Crippen LogP contribution in [0.3, 0.4) is 0 Å². The lowest BCUT2D eigenvalue weighted by Gasteiger charge is -2.31. The first-order valence-corrected chi connectivity index (χ1v) is 10.5. The molecule has 1 aromatic heterocycles. The smallest absolute Gasteiger partial charge is 0.416 e. The van der Waals surface area contributed by atoms with Crippen molar-refractivity contribution < 1.29 is 27.5 Å². The molecule has 1 aromatic carbocycles. The minimum absolute atomic E-state index is 0.0332. The van der Waals surface area contributed by atoms with E-state index in [-0.39, 0.29) is 31.2 Å². The first-order chi connectivity index (χ1) is 15.1. The molecule has 1 fully saturated rings. The molecule has 1 unspecified atom stereocenters. The quantitative estimate of drug-likeness (QED) is 0.744. The SMILES string of the molecule is CCOC(=O)N1CCCC(C(=O)NCc2ccc(-n3nc(C)cc3C)cc2C(F)(F)F)C1. The standard InChI is InChI=1S/C22H27F3N4O3/c1-4-32-21(31)28-9-5-6-17(13-28)20(30)26-12-16-7-8-18(11-19(16)22(23,24)25)29-15(3)10-14(2)27-29/h7-8,10-11,17H,4-6,9,12-13H2,1-3H3,(H,26,30). The number of nitrogens with one attached hydrogen (secondary N) is 1. The zero-order valence-electron chi connectivity index (χ0n) is 18.3. The number of likely N-dealkylation sites (tertiary alicyclic amines) is 1. The van der Waals surface area contributed by atoms with Gasteiger partial charge in [0.2, 0.25) is 5.91 Å². The molecule has 1 atom stereocenters. The summed E-state index contributed by atoms with van der Waals surface area (Å²) in [6.07, 6.45) is -3.88. The summed E-state index contributed by atoms with van der Waals surface area (Å²) >= 11 is 0. The van der Waals surface area contributed by atoms with E-state index in [1.54, 1.807) is 32.9 Å². The Morgan fingerprint density at radius 1 is 1.25 bits per heavy atom. The third-order valence-corrected chi connectivity index (χ3v) is 5.42. The molecule has 0 aliphatic carbocycles. The van der Waals surface area contributed by atoms with E-state index in [1.807, 2.05) is 0 Å². The van der Waals surface area contributed by atoms with Crippen molar-refractivity contribution >= 4 is 12.0 Å². The molecular formula is C22H27F3N4O3. The molecule has 1 N–H and O–H groups in total. The lowest BCUT2D eigenvalue weighted by Crippen LogP contribution is -2.45. The maximum atomic E-state index is 13.7. The predicted molar refractivity (Wildman–Crippen MR) is 111 cm³/mol. The van der Waals surface area contributed by atoms with Crippen LogP contribution in [0, 0.1) is 19.8 Å². The number of amides is 2. The van der Waals surface area contributed by atoms with Gasteiger partial charge in [-0.2, -0.15) is 18.3 Å². The number of benzene rings is 1. The summed E-state index contributed by atoms with van der Waals surface area (Å²) in [5.74, 6) is -0.869. The van der Waals surface area contributed by atoms with Crippen LogP contribution in [0.25, 0.3) is 5.69 Å². The summed E-state index contributed by atoms with van der Waals surface area (Å²) in [6.45, 7) is 5.89. The number of nitrogens with zero attached hydrogens (tertiary/aromatic N) is 3. The van der Waals surface area contributed by atoms with E-state index in [2.05, 4.69) is 10.4 Å². The number of alkyl halides is 3. The number of rotatable bonds is 5.